The molecular formula is C28H25Cl2FN4O3S. The molecule has 11 heteroatoms. The molecule has 2 aliphatic carbocycles. The van der Waals surface area contributed by atoms with Gasteiger partial charge in [-0.05, 0) is 56.4 Å². The van der Waals surface area contributed by atoms with Crippen molar-refractivity contribution in [3.63, 3.8) is 0 Å². The lowest BCUT2D eigenvalue weighted by Crippen LogP contribution is -2.64. The molecule has 2 atom stereocenters. The van der Waals surface area contributed by atoms with Crippen LogP contribution >= 0.6 is 34.5 Å². The van der Waals surface area contributed by atoms with Crippen LogP contribution in [-0.2, 0) is 11.3 Å². The van der Waals surface area contributed by atoms with E-state index in [-0.39, 0.29) is 5.56 Å². The molecule has 2 saturated heterocycles. The van der Waals surface area contributed by atoms with Crippen LogP contribution in [0, 0.1) is 5.82 Å². The molecule has 0 amide bonds. The summed E-state index contributed by atoms with van der Waals surface area (Å²) in [6, 6.07) is 9.28. The molecule has 4 fully saturated rings. The Kier molecular flexibility index (Phi) is 6.30. The number of aromatic nitrogens is 2. The van der Waals surface area contributed by atoms with Gasteiger partial charge in [0.2, 0.25) is 0 Å². The molecule has 0 spiro atoms. The molecule has 2 saturated carbocycles. The first-order valence-electron chi connectivity index (χ1n) is 13.0. The number of piperidine rings is 1. The minimum Gasteiger partial charge on any atom is -0.465 e. The van der Waals surface area contributed by atoms with Crippen LogP contribution in [0.4, 0.5) is 9.52 Å². The lowest BCUT2D eigenvalue weighted by atomic mass is 9.77. The highest BCUT2D eigenvalue weighted by molar-refractivity contribution is 7.22. The van der Waals surface area contributed by atoms with Crippen LogP contribution in [0.1, 0.15) is 59.7 Å². The van der Waals surface area contributed by atoms with Crippen LogP contribution in [0.15, 0.2) is 34.9 Å². The Morgan fingerprint density at radius 2 is 1.95 bits per heavy atom. The highest BCUT2D eigenvalue weighted by Crippen LogP contribution is 2.47. The molecule has 4 heterocycles. The number of carbonyl (C=O) groups excluding carboxylic acids is 1. The van der Waals surface area contributed by atoms with Gasteiger partial charge in [0.15, 0.2) is 10.9 Å². The molecule has 2 bridgehead atoms. The van der Waals surface area contributed by atoms with E-state index in [9.17, 15) is 9.18 Å². The predicted molar refractivity (Wildman–Crippen MR) is 149 cm³/mol. The number of hydrogen-bond acceptors (Lipinski definition) is 8. The standard InChI is InChI=1S/C28H25Cl2FN4O3S/c1-37-27(36)14-7-21(31)25-22(8-14)39-28(33-25)35-16-9-15(10-17(35)11-16)32-12-18-24(34-38-26(18)13-5-6-13)23-19(29)3-2-4-20(23)30/h2-4,7-8,13,15-17,32H,5-6,9-12H2,1H3. The van der Waals surface area contributed by atoms with Crippen molar-refractivity contribution in [1.29, 1.82) is 0 Å². The monoisotopic (exact) mass is 586 g/mol. The summed E-state index contributed by atoms with van der Waals surface area (Å²) in [5, 5.41) is 10.1. The fourth-order valence-electron chi connectivity index (χ4n) is 6.00. The topological polar surface area (TPSA) is 80.5 Å². The third-order valence-electron chi connectivity index (χ3n) is 8.06. The summed E-state index contributed by atoms with van der Waals surface area (Å²) in [5.74, 6) is 0.269. The number of rotatable bonds is 7. The first kappa shape index (κ1) is 25.3. The molecule has 0 radical (unpaired) electrons. The second kappa shape index (κ2) is 9.73. The van der Waals surface area contributed by atoms with Crippen molar-refractivity contribution >= 4 is 55.9 Å². The Morgan fingerprint density at radius 3 is 2.64 bits per heavy atom. The number of nitrogens with zero attached hydrogens (tertiary/aromatic N) is 3. The maximum absolute atomic E-state index is 14.7. The molecule has 4 aromatic rings. The van der Waals surface area contributed by atoms with Crippen molar-refractivity contribution in [2.75, 3.05) is 12.0 Å². The zero-order valence-electron chi connectivity index (χ0n) is 21.0. The second-order valence-electron chi connectivity index (χ2n) is 10.5. The number of benzene rings is 2. The van der Waals surface area contributed by atoms with E-state index in [2.05, 4.69) is 20.4 Å². The molecule has 2 aromatic heterocycles. The predicted octanol–water partition coefficient (Wildman–Crippen LogP) is 6.96. The molecule has 2 aromatic carbocycles. The van der Waals surface area contributed by atoms with Gasteiger partial charge >= 0.3 is 5.97 Å². The van der Waals surface area contributed by atoms with E-state index in [4.69, 9.17) is 32.5 Å². The van der Waals surface area contributed by atoms with E-state index in [1.54, 1.807) is 6.07 Å². The molecule has 2 aliphatic heterocycles. The number of thiazole rings is 1. The van der Waals surface area contributed by atoms with Crippen molar-refractivity contribution < 1.29 is 18.4 Å². The number of methoxy groups -OCH3 is 1. The van der Waals surface area contributed by atoms with Gasteiger partial charge in [-0.2, -0.15) is 0 Å². The third kappa shape index (κ3) is 4.40. The summed E-state index contributed by atoms with van der Waals surface area (Å²) in [5.41, 5.74) is 2.96. The molecular weight excluding hydrogens is 562 g/mol. The number of esters is 1. The van der Waals surface area contributed by atoms with Gasteiger partial charge < -0.3 is 19.5 Å². The maximum atomic E-state index is 14.7. The fourth-order valence-corrected chi connectivity index (χ4v) is 7.74. The number of halogens is 3. The smallest absolute Gasteiger partial charge is 0.338 e. The lowest BCUT2D eigenvalue weighted by molar-refractivity contribution is 0.0600. The van der Waals surface area contributed by atoms with E-state index in [1.807, 2.05) is 18.2 Å². The van der Waals surface area contributed by atoms with Crippen LogP contribution in [0.25, 0.3) is 21.5 Å². The quantitative estimate of drug-likeness (QED) is 0.234. The van der Waals surface area contributed by atoms with Crippen LogP contribution < -0.4 is 10.2 Å². The molecule has 7 nitrogen and oxygen atoms in total. The Labute approximate surface area is 238 Å². The fraction of sp³-hybridized carbons (Fsp3) is 0.393. The number of hydrogen-bond donors (Lipinski definition) is 1. The SMILES string of the molecule is COC(=O)c1cc(F)c2nc(N3C4CC(NCc5c(-c6c(Cl)cccc6Cl)noc5C5CC5)CC3C4)sc2c1. The summed E-state index contributed by atoms with van der Waals surface area (Å²) < 4.78 is 25.9. The van der Waals surface area contributed by atoms with E-state index in [0.717, 1.165) is 48.6 Å². The first-order chi connectivity index (χ1) is 18.9. The zero-order valence-corrected chi connectivity index (χ0v) is 23.4. The van der Waals surface area contributed by atoms with Gasteiger partial charge in [-0.1, -0.05) is 45.8 Å². The summed E-state index contributed by atoms with van der Waals surface area (Å²) in [6.45, 7) is 0.624. The number of nitrogens with one attached hydrogen (secondary N) is 1. The van der Waals surface area contributed by atoms with Crippen molar-refractivity contribution in [2.45, 2.75) is 62.7 Å². The average molecular weight is 588 g/mol. The highest BCUT2D eigenvalue weighted by atomic mass is 35.5. The minimum atomic E-state index is -0.557. The molecule has 8 rings (SSSR count). The van der Waals surface area contributed by atoms with E-state index < -0.39 is 11.8 Å². The average Bonchev–Trinajstić information content (AvgIpc) is 3.55. The summed E-state index contributed by atoms with van der Waals surface area (Å²) in [4.78, 5) is 18.8. The Bertz CT molecular complexity index is 1570. The van der Waals surface area contributed by atoms with Crippen LogP contribution in [0.3, 0.4) is 0 Å². The van der Waals surface area contributed by atoms with Crippen LogP contribution in [0.5, 0.6) is 0 Å². The number of ether oxygens (including phenoxy) is 1. The number of carbonyl (C=O) groups is 1. The van der Waals surface area contributed by atoms with Gasteiger partial charge in [0, 0.05) is 41.7 Å². The largest absolute Gasteiger partial charge is 0.465 e. The molecule has 4 aliphatic rings. The summed E-state index contributed by atoms with van der Waals surface area (Å²) in [6.07, 6.45) is 5.20. The van der Waals surface area contributed by atoms with E-state index in [1.165, 1.54) is 24.5 Å². The van der Waals surface area contributed by atoms with Gasteiger partial charge in [0.1, 0.15) is 17.0 Å². The number of anilines is 1. The van der Waals surface area contributed by atoms with E-state index >= 15 is 0 Å². The van der Waals surface area contributed by atoms with Crippen molar-refractivity contribution in [3.8, 4) is 11.3 Å². The maximum Gasteiger partial charge on any atom is 0.338 e. The first-order valence-corrected chi connectivity index (χ1v) is 14.6. The Hall–Kier alpha value is -2.72. The lowest BCUT2D eigenvalue weighted by Gasteiger charge is -2.55. The molecule has 202 valence electrons. The van der Waals surface area contributed by atoms with Gasteiger partial charge in [-0.15, -0.1) is 0 Å². The van der Waals surface area contributed by atoms with Gasteiger partial charge in [0.05, 0.1) is 27.4 Å². The normalized spacial score (nSPS) is 22.3. The van der Waals surface area contributed by atoms with Crippen LogP contribution in [-0.4, -0.2) is 41.3 Å². The highest BCUT2D eigenvalue weighted by Gasteiger charge is 2.46. The molecule has 39 heavy (non-hydrogen) atoms. The van der Waals surface area contributed by atoms with Crippen molar-refractivity contribution in [3.05, 3.63) is 63.1 Å². The van der Waals surface area contributed by atoms with E-state index in [0.29, 0.717) is 62.1 Å². The van der Waals surface area contributed by atoms with Gasteiger partial charge in [0.25, 0.3) is 0 Å². The zero-order chi connectivity index (χ0) is 26.8. The third-order valence-corrected chi connectivity index (χ3v) is 9.70. The van der Waals surface area contributed by atoms with Crippen LogP contribution in [0.2, 0.25) is 10.0 Å². The number of fused-ring (bicyclic) bond motifs is 3. The Morgan fingerprint density at radius 1 is 1.21 bits per heavy atom. The molecule has 2 unspecified atom stereocenters. The van der Waals surface area contributed by atoms with Crippen molar-refractivity contribution in [1.82, 2.24) is 15.5 Å². The minimum absolute atomic E-state index is 0.197. The summed E-state index contributed by atoms with van der Waals surface area (Å²) >= 11 is 14.5. The summed E-state index contributed by atoms with van der Waals surface area (Å²) in [7, 11) is 1.29. The van der Waals surface area contributed by atoms with Crippen molar-refractivity contribution in [2.24, 2.45) is 0 Å². The second-order valence-corrected chi connectivity index (χ2v) is 12.4. The van der Waals surface area contributed by atoms with Gasteiger partial charge in [-0.25, -0.2) is 14.2 Å². The van der Waals surface area contributed by atoms with Gasteiger partial charge in [-0.3, -0.25) is 0 Å². The Balaban J connectivity index is 1.08. The molecule has 1 N–H and O–H groups in total.